The van der Waals surface area contributed by atoms with Crippen molar-refractivity contribution >= 4 is 17.9 Å². The van der Waals surface area contributed by atoms with Crippen molar-refractivity contribution < 1.29 is 39.2 Å². The van der Waals surface area contributed by atoms with Crippen LogP contribution in [0.3, 0.4) is 0 Å². The predicted molar refractivity (Wildman–Crippen MR) is 97.2 cm³/mol. The van der Waals surface area contributed by atoms with Gasteiger partial charge in [-0.15, -0.1) is 0 Å². The standard InChI is InChI=1S/C17H32N2O8/c1-2-3-4-5-18(12-15(20)21)6-8-26-10-11-27-9-7-19(13-16(22)23)14-17(24)25/h2-14H2,1H3,(H,20,21)(H,22,23)(H,24,25)/q+1. The van der Waals surface area contributed by atoms with Gasteiger partial charge < -0.3 is 24.8 Å². The van der Waals surface area contributed by atoms with Crippen LogP contribution in [0.2, 0.25) is 0 Å². The summed E-state index contributed by atoms with van der Waals surface area (Å²) in [5.74, 6) is -3.05. The van der Waals surface area contributed by atoms with E-state index in [2.05, 4.69) is 6.92 Å². The van der Waals surface area contributed by atoms with Crippen molar-refractivity contribution in [3.8, 4) is 0 Å². The Labute approximate surface area is 159 Å². The van der Waals surface area contributed by atoms with Crippen LogP contribution in [0.1, 0.15) is 26.2 Å². The molecule has 0 heterocycles. The Bertz CT molecular complexity index is 417. The molecule has 0 aliphatic rings. The number of ether oxygens (including phenoxy) is 2. The Morgan fingerprint density at radius 2 is 1.41 bits per heavy atom. The molecule has 1 radical (unpaired) electrons. The lowest BCUT2D eigenvalue weighted by atomic mass is 10.2. The number of nitrogens with zero attached hydrogens (tertiary/aromatic N) is 2. The lowest BCUT2D eigenvalue weighted by Crippen LogP contribution is -2.39. The van der Waals surface area contributed by atoms with Crippen LogP contribution in [0.15, 0.2) is 0 Å². The van der Waals surface area contributed by atoms with Crippen LogP contribution in [-0.2, 0) is 23.9 Å². The Morgan fingerprint density at radius 3 is 1.93 bits per heavy atom. The zero-order chi connectivity index (χ0) is 20.5. The van der Waals surface area contributed by atoms with E-state index in [1.807, 2.05) is 4.90 Å². The Morgan fingerprint density at radius 1 is 0.815 bits per heavy atom. The molecule has 0 bridgehead atoms. The van der Waals surface area contributed by atoms with Crippen molar-refractivity contribution in [3.05, 3.63) is 0 Å². The van der Waals surface area contributed by atoms with E-state index in [0.717, 1.165) is 25.8 Å². The number of aliphatic carboxylic acids is 3. The molecule has 0 atom stereocenters. The molecule has 0 aliphatic heterocycles. The van der Waals surface area contributed by atoms with Crippen LogP contribution in [0.4, 0.5) is 0 Å². The third kappa shape index (κ3) is 17.4. The summed E-state index contributed by atoms with van der Waals surface area (Å²) in [4.78, 5) is 35.3. The number of rotatable bonds is 19. The highest BCUT2D eigenvalue weighted by Crippen LogP contribution is 1.96. The molecule has 0 amide bonds. The second-order valence-electron chi connectivity index (χ2n) is 6.10. The molecule has 0 aliphatic carbocycles. The Balaban J connectivity index is 3.81. The molecule has 157 valence electrons. The van der Waals surface area contributed by atoms with Crippen molar-refractivity contribution in [2.45, 2.75) is 26.2 Å². The van der Waals surface area contributed by atoms with Gasteiger partial charge in [-0.05, 0) is 6.42 Å². The summed E-state index contributed by atoms with van der Waals surface area (Å²) in [6.45, 7) is 4.04. The summed E-state index contributed by atoms with van der Waals surface area (Å²) < 4.78 is 10.7. The lowest BCUT2D eigenvalue weighted by Gasteiger charge is -2.17. The summed E-state index contributed by atoms with van der Waals surface area (Å²) in [6, 6.07) is 0. The smallest absolute Gasteiger partial charge is 0.364 e. The maximum Gasteiger partial charge on any atom is 0.364 e. The SMILES string of the molecule is CCCCC[N+](CCOCCOCCN(CC(=O)O)CC(=O)O)CC(=O)O. The first-order valence-electron chi connectivity index (χ1n) is 9.10. The molecule has 0 spiro atoms. The predicted octanol–water partition coefficient (Wildman–Crippen LogP) is -0.0943. The van der Waals surface area contributed by atoms with E-state index in [9.17, 15) is 14.4 Å². The van der Waals surface area contributed by atoms with Crippen LogP contribution < -0.4 is 4.90 Å². The summed E-state index contributed by atoms with van der Waals surface area (Å²) in [6.07, 6.45) is 3.09. The van der Waals surface area contributed by atoms with Gasteiger partial charge in [0.05, 0.1) is 32.9 Å². The largest absolute Gasteiger partial charge is 0.480 e. The molecule has 10 nitrogen and oxygen atoms in total. The van der Waals surface area contributed by atoms with Gasteiger partial charge in [0.2, 0.25) is 6.54 Å². The topological polar surface area (TPSA) is 140 Å². The number of carbonyl (C=O) groups is 3. The first kappa shape index (κ1) is 25.2. The minimum absolute atomic E-state index is 0.00738. The van der Waals surface area contributed by atoms with Crippen molar-refractivity contribution in [1.29, 1.82) is 0 Å². The minimum atomic E-state index is -1.09. The summed E-state index contributed by atoms with van der Waals surface area (Å²) >= 11 is 0. The van der Waals surface area contributed by atoms with Gasteiger partial charge in [0.15, 0.2) is 0 Å². The van der Waals surface area contributed by atoms with Crippen LogP contribution in [0.25, 0.3) is 0 Å². The molecular formula is C17H32N2O8+. The molecule has 10 heteroatoms. The minimum Gasteiger partial charge on any atom is -0.480 e. The quantitative estimate of drug-likeness (QED) is 0.203. The van der Waals surface area contributed by atoms with Gasteiger partial charge in [0.25, 0.3) is 0 Å². The van der Waals surface area contributed by atoms with Crippen molar-refractivity contribution in [1.82, 2.24) is 9.80 Å². The summed E-state index contributed by atoms with van der Waals surface area (Å²) in [5.41, 5.74) is 0. The molecule has 3 N–H and O–H groups in total. The molecule has 0 unspecified atom stereocenters. The van der Waals surface area contributed by atoms with Gasteiger partial charge >= 0.3 is 17.9 Å². The highest BCUT2D eigenvalue weighted by molar-refractivity contribution is 5.72. The van der Waals surface area contributed by atoms with Crippen molar-refractivity contribution in [2.75, 3.05) is 65.7 Å². The normalized spacial score (nSPS) is 11.2. The number of carboxylic acids is 3. The van der Waals surface area contributed by atoms with Gasteiger partial charge in [0, 0.05) is 13.0 Å². The number of hydrogen-bond donors (Lipinski definition) is 3. The zero-order valence-electron chi connectivity index (χ0n) is 16.0. The van der Waals surface area contributed by atoms with E-state index in [4.69, 9.17) is 24.8 Å². The fourth-order valence-electron chi connectivity index (χ4n) is 2.35. The lowest BCUT2D eigenvalue weighted by molar-refractivity contribution is -0.142. The third-order valence-corrected chi connectivity index (χ3v) is 3.63. The first-order valence-corrected chi connectivity index (χ1v) is 9.10. The Hall–Kier alpha value is -1.75. The van der Waals surface area contributed by atoms with Crippen molar-refractivity contribution in [3.63, 3.8) is 0 Å². The monoisotopic (exact) mass is 392 g/mol. The average Bonchev–Trinajstić information content (AvgIpc) is 2.55. The van der Waals surface area contributed by atoms with Crippen LogP contribution in [-0.4, -0.2) is 104 Å². The van der Waals surface area contributed by atoms with E-state index in [-0.39, 0.29) is 32.8 Å². The number of hydrogen-bond acceptors (Lipinski definition) is 7. The summed E-state index contributed by atoms with van der Waals surface area (Å²) in [5, 5.41) is 26.4. The molecule has 0 aromatic carbocycles. The molecule has 27 heavy (non-hydrogen) atoms. The van der Waals surface area contributed by atoms with Crippen LogP contribution in [0, 0.1) is 0 Å². The van der Waals surface area contributed by atoms with E-state index >= 15 is 0 Å². The zero-order valence-corrected chi connectivity index (χ0v) is 16.0. The van der Waals surface area contributed by atoms with E-state index in [1.165, 1.54) is 4.90 Å². The molecule has 0 fully saturated rings. The van der Waals surface area contributed by atoms with Crippen molar-refractivity contribution in [2.24, 2.45) is 0 Å². The van der Waals surface area contributed by atoms with Crippen LogP contribution in [0.5, 0.6) is 0 Å². The number of carboxylic acid groups (broad SMARTS) is 3. The van der Waals surface area contributed by atoms with E-state index < -0.39 is 17.9 Å². The molecule has 0 aromatic rings. The maximum atomic E-state index is 10.9. The maximum absolute atomic E-state index is 10.9. The average molecular weight is 392 g/mol. The van der Waals surface area contributed by atoms with Gasteiger partial charge in [0.1, 0.15) is 19.7 Å². The van der Waals surface area contributed by atoms with Gasteiger partial charge in [-0.1, -0.05) is 13.3 Å². The van der Waals surface area contributed by atoms with Gasteiger partial charge in [-0.2, -0.15) is 4.90 Å². The second-order valence-corrected chi connectivity index (χ2v) is 6.10. The summed E-state index contributed by atoms with van der Waals surface area (Å²) in [7, 11) is 0. The molecule has 0 rings (SSSR count). The van der Waals surface area contributed by atoms with Gasteiger partial charge in [-0.3, -0.25) is 14.5 Å². The highest BCUT2D eigenvalue weighted by atomic mass is 16.5. The molecular weight excluding hydrogens is 360 g/mol. The Kier molecular flexibility index (Phi) is 15.4. The second kappa shape index (κ2) is 16.4. The van der Waals surface area contributed by atoms with Gasteiger partial charge in [-0.25, -0.2) is 4.79 Å². The third-order valence-electron chi connectivity index (χ3n) is 3.63. The number of unbranched alkanes of at least 4 members (excludes halogenated alkanes) is 2. The first-order chi connectivity index (χ1) is 12.8. The van der Waals surface area contributed by atoms with Crippen LogP contribution >= 0.6 is 0 Å². The molecule has 0 aromatic heterocycles. The van der Waals surface area contributed by atoms with E-state index in [1.54, 1.807) is 0 Å². The molecule has 0 saturated carbocycles. The highest BCUT2D eigenvalue weighted by Gasteiger charge is 2.18. The van der Waals surface area contributed by atoms with E-state index in [0.29, 0.717) is 26.4 Å². The fraction of sp³-hybridized carbons (Fsp3) is 0.824. The molecule has 0 saturated heterocycles. The fourth-order valence-corrected chi connectivity index (χ4v) is 2.35.